The van der Waals surface area contributed by atoms with Crippen molar-refractivity contribution >= 4 is 5.78 Å². The summed E-state index contributed by atoms with van der Waals surface area (Å²) < 4.78 is 0. The first-order valence-electron chi connectivity index (χ1n) is 9.47. The molecule has 0 saturated carbocycles. The van der Waals surface area contributed by atoms with E-state index in [0.29, 0.717) is 12.2 Å². The number of aromatic nitrogens is 1. The Morgan fingerprint density at radius 3 is 1.91 bits per heavy atom. The molecule has 0 atom stereocenters. The highest BCUT2D eigenvalue weighted by molar-refractivity contribution is 5.80. The lowest BCUT2D eigenvalue weighted by atomic mass is 10.0. The van der Waals surface area contributed by atoms with Crippen LogP contribution in [0.15, 0.2) is 18.3 Å². The number of H-pyrrole nitrogens is 1. The summed E-state index contributed by atoms with van der Waals surface area (Å²) in [5, 5.41) is 0. The number of carbonyl (C=O) groups is 1. The second-order valence-electron chi connectivity index (χ2n) is 6.55. The summed E-state index contributed by atoms with van der Waals surface area (Å²) in [4.78, 5) is 14.9. The van der Waals surface area contributed by atoms with Crippen LogP contribution >= 0.6 is 0 Å². The maximum atomic E-state index is 11.8. The average molecular weight is 306 g/mol. The molecule has 126 valence electrons. The molecule has 0 aromatic carbocycles. The van der Waals surface area contributed by atoms with Crippen molar-refractivity contribution < 1.29 is 4.79 Å². The Morgan fingerprint density at radius 2 is 1.41 bits per heavy atom. The van der Waals surface area contributed by atoms with Crippen LogP contribution in [0.25, 0.3) is 0 Å². The lowest BCUT2D eigenvalue weighted by molar-refractivity contribution is -0.118. The van der Waals surface area contributed by atoms with Gasteiger partial charge in [-0.2, -0.15) is 0 Å². The molecule has 1 aromatic rings. The summed E-state index contributed by atoms with van der Waals surface area (Å²) in [6.07, 6.45) is 19.3. The average Bonchev–Trinajstić information content (AvgIpc) is 3.01. The molecule has 0 aliphatic heterocycles. The number of ketones is 1. The van der Waals surface area contributed by atoms with Crippen molar-refractivity contribution in [3.8, 4) is 0 Å². The van der Waals surface area contributed by atoms with Crippen molar-refractivity contribution in [1.29, 1.82) is 0 Å². The molecule has 1 N–H and O–H groups in total. The molecule has 0 saturated heterocycles. The highest BCUT2D eigenvalue weighted by atomic mass is 16.1. The van der Waals surface area contributed by atoms with E-state index in [1.165, 1.54) is 70.6 Å². The van der Waals surface area contributed by atoms with Crippen molar-refractivity contribution in [3.05, 3.63) is 24.0 Å². The minimum atomic E-state index is 0.370. The minimum absolute atomic E-state index is 0.370. The number of carbonyl (C=O) groups excluding carboxylic acids is 1. The quantitative estimate of drug-likeness (QED) is 0.383. The fourth-order valence-electron chi connectivity index (χ4n) is 2.94. The summed E-state index contributed by atoms with van der Waals surface area (Å²) in [7, 11) is 0. The van der Waals surface area contributed by atoms with E-state index in [-0.39, 0.29) is 0 Å². The smallest absolute Gasteiger partial charge is 0.138 e. The van der Waals surface area contributed by atoms with Gasteiger partial charge in [0.15, 0.2) is 0 Å². The Bertz CT molecular complexity index is 356. The third kappa shape index (κ3) is 10.6. The van der Waals surface area contributed by atoms with E-state index in [1.807, 2.05) is 18.3 Å². The Morgan fingerprint density at radius 1 is 0.864 bits per heavy atom. The Labute approximate surface area is 137 Å². The first-order chi connectivity index (χ1) is 10.8. The highest BCUT2D eigenvalue weighted by Crippen LogP contribution is 2.12. The molecule has 0 aliphatic rings. The van der Waals surface area contributed by atoms with Gasteiger partial charge in [-0.25, -0.2) is 0 Å². The third-order valence-corrected chi connectivity index (χ3v) is 4.36. The van der Waals surface area contributed by atoms with Crippen molar-refractivity contribution in [2.24, 2.45) is 0 Å². The molecule has 1 rings (SSSR count). The SMILES string of the molecule is CCCCCCCCCCCCCCC(=O)Cc1ccc[nH]1. The van der Waals surface area contributed by atoms with Gasteiger partial charge in [0.1, 0.15) is 5.78 Å². The topological polar surface area (TPSA) is 32.9 Å². The highest BCUT2D eigenvalue weighted by Gasteiger charge is 2.03. The molecule has 1 aromatic heterocycles. The minimum Gasteiger partial charge on any atom is -0.365 e. The molecule has 22 heavy (non-hydrogen) atoms. The second kappa shape index (κ2) is 13.6. The van der Waals surface area contributed by atoms with Gasteiger partial charge in [-0.15, -0.1) is 0 Å². The molecule has 0 radical (unpaired) electrons. The van der Waals surface area contributed by atoms with Crippen molar-refractivity contribution in [2.75, 3.05) is 0 Å². The molecular formula is C20H35NO. The second-order valence-corrected chi connectivity index (χ2v) is 6.55. The van der Waals surface area contributed by atoms with E-state index in [4.69, 9.17) is 0 Å². The largest absolute Gasteiger partial charge is 0.365 e. The number of rotatable bonds is 15. The molecule has 0 unspecified atom stereocenters. The Balaban J connectivity index is 1.79. The van der Waals surface area contributed by atoms with Crippen LogP contribution in [-0.4, -0.2) is 10.8 Å². The van der Waals surface area contributed by atoms with E-state index in [0.717, 1.165) is 18.5 Å². The van der Waals surface area contributed by atoms with Gasteiger partial charge in [0.2, 0.25) is 0 Å². The zero-order chi connectivity index (χ0) is 15.9. The zero-order valence-electron chi connectivity index (χ0n) is 14.5. The number of unbranched alkanes of at least 4 members (excludes halogenated alkanes) is 11. The van der Waals surface area contributed by atoms with Crippen molar-refractivity contribution in [2.45, 2.75) is 96.8 Å². The maximum absolute atomic E-state index is 11.8. The standard InChI is InChI=1S/C20H35NO/c1-2-3-4-5-6-7-8-9-10-11-12-13-16-20(22)18-19-15-14-17-21-19/h14-15,17,21H,2-13,16,18H2,1H3. The normalized spacial score (nSPS) is 11.0. The van der Waals surface area contributed by atoms with Crippen LogP contribution in [0.1, 0.15) is 96.1 Å². The maximum Gasteiger partial charge on any atom is 0.138 e. The summed E-state index contributed by atoms with van der Waals surface area (Å²) in [6, 6.07) is 3.94. The van der Waals surface area contributed by atoms with Gasteiger partial charge in [0, 0.05) is 24.7 Å². The van der Waals surface area contributed by atoms with E-state index in [2.05, 4.69) is 11.9 Å². The van der Waals surface area contributed by atoms with Crippen LogP contribution in [0.2, 0.25) is 0 Å². The van der Waals surface area contributed by atoms with Crippen molar-refractivity contribution in [3.63, 3.8) is 0 Å². The molecule has 1 heterocycles. The number of nitrogens with one attached hydrogen (secondary N) is 1. The monoisotopic (exact) mass is 305 g/mol. The number of hydrogen-bond acceptors (Lipinski definition) is 1. The van der Waals surface area contributed by atoms with Gasteiger partial charge in [-0.05, 0) is 18.6 Å². The van der Waals surface area contributed by atoms with Gasteiger partial charge >= 0.3 is 0 Å². The van der Waals surface area contributed by atoms with Crippen LogP contribution in [0.5, 0.6) is 0 Å². The molecule has 0 aliphatic carbocycles. The van der Waals surface area contributed by atoms with Crippen LogP contribution in [0, 0.1) is 0 Å². The van der Waals surface area contributed by atoms with E-state index < -0.39 is 0 Å². The van der Waals surface area contributed by atoms with Gasteiger partial charge in [0.25, 0.3) is 0 Å². The third-order valence-electron chi connectivity index (χ3n) is 4.36. The van der Waals surface area contributed by atoms with E-state index in [1.54, 1.807) is 0 Å². The summed E-state index contributed by atoms with van der Waals surface area (Å²) >= 11 is 0. The molecule has 0 fully saturated rings. The fraction of sp³-hybridized carbons (Fsp3) is 0.750. The molecule has 2 nitrogen and oxygen atoms in total. The molecule has 0 bridgehead atoms. The van der Waals surface area contributed by atoms with Gasteiger partial charge in [-0.3, -0.25) is 4.79 Å². The fourth-order valence-corrected chi connectivity index (χ4v) is 2.94. The zero-order valence-corrected chi connectivity index (χ0v) is 14.5. The summed E-state index contributed by atoms with van der Waals surface area (Å²) in [5.74, 6) is 0.370. The molecular weight excluding hydrogens is 270 g/mol. The Kier molecular flexibility index (Phi) is 11.7. The number of aromatic amines is 1. The van der Waals surface area contributed by atoms with Crippen LogP contribution in [-0.2, 0) is 11.2 Å². The number of hydrogen-bond donors (Lipinski definition) is 1. The predicted molar refractivity (Wildman–Crippen MR) is 95.2 cm³/mol. The van der Waals surface area contributed by atoms with Gasteiger partial charge < -0.3 is 4.98 Å². The van der Waals surface area contributed by atoms with E-state index >= 15 is 0 Å². The molecule has 0 spiro atoms. The lowest BCUT2D eigenvalue weighted by Crippen LogP contribution is -2.02. The first kappa shape index (κ1) is 19.0. The van der Waals surface area contributed by atoms with Crippen LogP contribution in [0.4, 0.5) is 0 Å². The van der Waals surface area contributed by atoms with Gasteiger partial charge in [0.05, 0.1) is 0 Å². The van der Waals surface area contributed by atoms with Gasteiger partial charge in [-0.1, -0.05) is 77.6 Å². The molecule has 0 amide bonds. The van der Waals surface area contributed by atoms with Crippen LogP contribution < -0.4 is 0 Å². The predicted octanol–water partition coefficient (Wildman–Crippen LogP) is 6.22. The molecule has 2 heteroatoms. The summed E-state index contributed by atoms with van der Waals surface area (Å²) in [6.45, 7) is 2.27. The summed E-state index contributed by atoms with van der Waals surface area (Å²) in [5.41, 5.74) is 1.05. The first-order valence-corrected chi connectivity index (χ1v) is 9.47. The number of Topliss-reactive ketones (excluding diaryl/α,β-unsaturated/α-hetero) is 1. The lowest BCUT2D eigenvalue weighted by Gasteiger charge is -2.03. The van der Waals surface area contributed by atoms with Crippen molar-refractivity contribution in [1.82, 2.24) is 4.98 Å². The van der Waals surface area contributed by atoms with Crippen LogP contribution in [0.3, 0.4) is 0 Å². The Hall–Kier alpha value is -1.05. The van der Waals surface area contributed by atoms with E-state index in [9.17, 15) is 4.79 Å².